The standard InChI is InChI=1S/C16H27NO/c1-6-13(11-18)10-17-15-9-14(16(3,4)5)8-7-12(15)2/h7-9,13,17-18H,6,10-11H2,1-5H3. The lowest BCUT2D eigenvalue weighted by Gasteiger charge is -2.22. The molecule has 2 N–H and O–H groups in total. The van der Waals surface area contributed by atoms with Crippen molar-refractivity contribution >= 4 is 5.69 Å². The molecule has 0 aromatic heterocycles. The second kappa shape index (κ2) is 6.24. The topological polar surface area (TPSA) is 32.3 Å². The molecule has 0 amide bonds. The van der Waals surface area contributed by atoms with Gasteiger partial charge in [-0.05, 0) is 41.9 Å². The van der Waals surface area contributed by atoms with Crippen molar-refractivity contribution in [2.75, 3.05) is 18.5 Å². The van der Waals surface area contributed by atoms with E-state index in [4.69, 9.17) is 0 Å². The van der Waals surface area contributed by atoms with E-state index in [1.54, 1.807) is 0 Å². The number of anilines is 1. The van der Waals surface area contributed by atoms with Gasteiger partial charge < -0.3 is 10.4 Å². The molecule has 0 radical (unpaired) electrons. The van der Waals surface area contributed by atoms with E-state index in [2.05, 4.69) is 58.1 Å². The predicted molar refractivity (Wildman–Crippen MR) is 79.2 cm³/mol. The van der Waals surface area contributed by atoms with E-state index in [1.165, 1.54) is 16.8 Å². The lowest BCUT2D eigenvalue weighted by Crippen LogP contribution is -2.18. The van der Waals surface area contributed by atoms with Gasteiger partial charge in [-0.3, -0.25) is 0 Å². The molecule has 0 spiro atoms. The van der Waals surface area contributed by atoms with E-state index in [1.807, 2.05) is 0 Å². The maximum Gasteiger partial charge on any atom is 0.0475 e. The minimum Gasteiger partial charge on any atom is -0.396 e. The van der Waals surface area contributed by atoms with Gasteiger partial charge in [0.05, 0.1) is 0 Å². The van der Waals surface area contributed by atoms with Crippen molar-refractivity contribution in [3.63, 3.8) is 0 Å². The van der Waals surface area contributed by atoms with Gasteiger partial charge in [0.25, 0.3) is 0 Å². The van der Waals surface area contributed by atoms with E-state index in [0.29, 0.717) is 5.92 Å². The van der Waals surface area contributed by atoms with Crippen molar-refractivity contribution in [1.82, 2.24) is 0 Å². The Morgan fingerprint density at radius 1 is 1.28 bits per heavy atom. The summed E-state index contributed by atoms with van der Waals surface area (Å²) in [5, 5.41) is 12.7. The summed E-state index contributed by atoms with van der Waals surface area (Å²) in [6, 6.07) is 6.60. The van der Waals surface area contributed by atoms with Gasteiger partial charge in [0, 0.05) is 18.8 Å². The van der Waals surface area contributed by atoms with Gasteiger partial charge in [-0.25, -0.2) is 0 Å². The van der Waals surface area contributed by atoms with Crippen molar-refractivity contribution < 1.29 is 5.11 Å². The number of nitrogens with one attached hydrogen (secondary N) is 1. The fraction of sp³-hybridized carbons (Fsp3) is 0.625. The maximum absolute atomic E-state index is 9.22. The number of aliphatic hydroxyl groups excluding tert-OH is 1. The monoisotopic (exact) mass is 249 g/mol. The highest BCUT2D eigenvalue weighted by Gasteiger charge is 2.15. The summed E-state index contributed by atoms with van der Waals surface area (Å²) in [5.41, 5.74) is 3.96. The molecule has 1 aromatic carbocycles. The summed E-state index contributed by atoms with van der Waals surface area (Å²) in [4.78, 5) is 0. The number of aliphatic hydroxyl groups is 1. The molecular formula is C16H27NO. The molecule has 0 saturated carbocycles. The molecule has 1 unspecified atom stereocenters. The average Bonchev–Trinajstić information content (AvgIpc) is 2.31. The first kappa shape index (κ1) is 15.0. The van der Waals surface area contributed by atoms with Crippen LogP contribution in [0.4, 0.5) is 5.69 Å². The second-order valence-electron chi connectivity index (χ2n) is 6.12. The first-order valence-electron chi connectivity index (χ1n) is 6.84. The largest absolute Gasteiger partial charge is 0.396 e. The molecule has 18 heavy (non-hydrogen) atoms. The summed E-state index contributed by atoms with van der Waals surface area (Å²) in [7, 11) is 0. The zero-order valence-electron chi connectivity index (χ0n) is 12.4. The van der Waals surface area contributed by atoms with E-state index < -0.39 is 0 Å². The molecule has 2 nitrogen and oxygen atoms in total. The highest BCUT2D eigenvalue weighted by molar-refractivity contribution is 5.53. The van der Waals surface area contributed by atoms with Gasteiger partial charge in [-0.2, -0.15) is 0 Å². The number of rotatable bonds is 5. The van der Waals surface area contributed by atoms with Crippen LogP contribution in [0.15, 0.2) is 18.2 Å². The molecule has 0 aliphatic heterocycles. The Bertz CT molecular complexity index is 375. The SMILES string of the molecule is CCC(CO)CNc1cc(C(C)(C)C)ccc1C. The Morgan fingerprint density at radius 2 is 1.94 bits per heavy atom. The van der Waals surface area contributed by atoms with Crippen LogP contribution < -0.4 is 5.32 Å². The minimum absolute atomic E-state index is 0.172. The molecule has 102 valence electrons. The number of aryl methyl sites for hydroxylation is 1. The van der Waals surface area contributed by atoms with Crippen molar-refractivity contribution in [1.29, 1.82) is 0 Å². The van der Waals surface area contributed by atoms with Crippen LogP contribution in [0.5, 0.6) is 0 Å². The van der Waals surface area contributed by atoms with Crippen molar-refractivity contribution in [2.24, 2.45) is 5.92 Å². The van der Waals surface area contributed by atoms with E-state index in [9.17, 15) is 5.11 Å². The third-order valence-corrected chi connectivity index (χ3v) is 3.52. The Labute approximate surface area is 111 Å². The summed E-state index contributed by atoms with van der Waals surface area (Å²) < 4.78 is 0. The minimum atomic E-state index is 0.172. The van der Waals surface area contributed by atoms with Crippen molar-refractivity contribution in [3.8, 4) is 0 Å². The summed E-state index contributed by atoms with van der Waals surface area (Å²) in [5.74, 6) is 0.336. The first-order valence-corrected chi connectivity index (χ1v) is 6.84. The van der Waals surface area contributed by atoms with Gasteiger partial charge in [0.1, 0.15) is 0 Å². The summed E-state index contributed by atoms with van der Waals surface area (Å²) in [6.07, 6.45) is 1.00. The highest BCUT2D eigenvalue weighted by Crippen LogP contribution is 2.27. The third-order valence-electron chi connectivity index (χ3n) is 3.52. The number of hydrogen-bond donors (Lipinski definition) is 2. The van der Waals surface area contributed by atoms with Gasteiger partial charge in [-0.1, -0.05) is 39.8 Å². The van der Waals surface area contributed by atoms with Gasteiger partial charge in [0.15, 0.2) is 0 Å². The number of hydrogen-bond acceptors (Lipinski definition) is 2. The van der Waals surface area contributed by atoms with Gasteiger partial charge in [0.2, 0.25) is 0 Å². The normalized spacial score (nSPS) is 13.4. The molecule has 1 aromatic rings. The lowest BCUT2D eigenvalue weighted by molar-refractivity contribution is 0.230. The molecule has 0 fully saturated rings. The summed E-state index contributed by atoms with van der Waals surface area (Å²) in [6.45, 7) is 12.0. The molecule has 0 aliphatic rings. The van der Waals surface area contributed by atoms with Crippen LogP contribution in [0.1, 0.15) is 45.2 Å². The zero-order valence-corrected chi connectivity index (χ0v) is 12.4. The van der Waals surface area contributed by atoms with Crippen molar-refractivity contribution in [2.45, 2.75) is 46.5 Å². The molecule has 0 aliphatic carbocycles. The fourth-order valence-electron chi connectivity index (χ4n) is 1.87. The Morgan fingerprint density at radius 3 is 2.44 bits per heavy atom. The van der Waals surface area contributed by atoms with E-state index in [-0.39, 0.29) is 12.0 Å². The van der Waals surface area contributed by atoms with Crippen LogP contribution in [0.25, 0.3) is 0 Å². The van der Waals surface area contributed by atoms with Crippen LogP contribution in [0.3, 0.4) is 0 Å². The molecule has 2 heteroatoms. The van der Waals surface area contributed by atoms with Crippen LogP contribution in [-0.2, 0) is 5.41 Å². The van der Waals surface area contributed by atoms with Crippen LogP contribution in [0.2, 0.25) is 0 Å². The van der Waals surface area contributed by atoms with Crippen LogP contribution in [0, 0.1) is 12.8 Å². The molecule has 1 atom stereocenters. The molecule has 0 saturated heterocycles. The number of benzene rings is 1. The lowest BCUT2D eigenvalue weighted by atomic mass is 9.86. The van der Waals surface area contributed by atoms with E-state index in [0.717, 1.165) is 13.0 Å². The first-order chi connectivity index (χ1) is 8.38. The average molecular weight is 249 g/mol. The highest BCUT2D eigenvalue weighted by atomic mass is 16.3. The molecule has 0 heterocycles. The summed E-state index contributed by atoms with van der Waals surface area (Å²) >= 11 is 0. The molecular weight excluding hydrogens is 222 g/mol. The van der Waals surface area contributed by atoms with Gasteiger partial charge in [-0.15, -0.1) is 0 Å². The molecule has 1 rings (SSSR count). The fourth-order valence-corrected chi connectivity index (χ4v) is 1.87. The maximum atomic E-state index is 9.22. The Hall–Kier alpha value is -1.02. The molecule has 0 bridgehead atoms. The van der Waals surface area contributed by atoms with Gasteiger partial charge >= 0.3 is 0 Å². The van der Waals surface area contributed by atoms with E-state index >= 15 is 0 Å². The Balaban J connectivity index is 2.82. The third kappa shape index (κ3) is 4.02. The van der Waals surface area contributed by atoms with Crippen molar-refractivity contribution in [3.05, 3.63) is 29.3 Å². The smallest absolute Gasteiger partial charge is 0.0475 e. The van der Waals surface area contributed by atoms with Crippen LogP contribution in [-0.4, -0.2) is 18.3 Å². The predicted octanol–water partition coefficient (Wildman–Crippen LogP) is 3.72. The Kier molecular flexibility index (Phi) is 5.21. The second-order valence-corrected chi connectivity index (χ2v) is 6.12. The van der Waals surface area contributed by atoms with Crippen LogP contribution >= 0.6 is 0 Å². The zero-order chi connectivity index (χ0) is 13.8. The quantitative estimate of drug-likeness (QED) is 0.833.